The van der Waals surface area contributed by atoms with Crippen molar-refractivity contribution in [2.45, 2.75) is 32.9 Å². The van der Waals surface area contributed by atoms with Crippen LogP contribution in [0.5, 0.6) is 5.75 Å². The Morgan fingerprint density at radius 1 is 1.20 bits per heavy atom. The third-order valence-corrected chi connectivity index (χ3v) is 5.81. The van der Waals surface area contributed by atoms with E-state index in [0.717, 1.165) is 22.4 Å². The van der Waals surface area contributed by atoms with Gasteiger partial charge in [0.05, 0.1) is 18.9 Å². The summed E-state index contributed by atoms with van der Waals surface area (Å²) in [5.74, 6) is 0.740. The van der Waals surface area contributed by atoms with Crippen molar-refractivity contribution in [2.24, 2.45) is 5.92 Å². The molecule has 158 valence electrons. The first-order valence-corrected chi connectivity index (χ1v) is 10.4. The lowest BCUT2D eigenvalue weighted by atomic mass is 9.95. The van der Waals surface area contributed by atoms with Crippen LogP contribution in [0, 0.1) is 5.92 Å². The number of hydrogen-bond donors (Lipinski definition) is 1. The van der Waals surface area contributed by atoms with Gasteiger partial charge in [-0.15, -0.1) is 0 Å². The molecular formula is C23H27N3O4. The van der Waals surface area contributed by atoms with Gasteiger partial charge in [0.2, 0.25) is 5.91 Å². The van der Waals surface area contributed by atoms with E-state index in [1.54, 1.807) is 13.4 Å². The van der Waals surface area contributed by atoms with E-state index in [9.17, 15) is 9.59 Å². The zero-order valence-electron chi connectivity index (χ0n) is 17.4. The van der Waals surface area contributed by atoms with Crippen LogP contribution in [0.15, 0.2) is 47.1 Å². The van der Waals surface area contributed by atoms with Crippen LogP contribution in [0.4, 0.5) is 0 Å². The predicted octanol–water partition coefficient (Wildman–Crippen LogP) is 3.43. The molecule has 7 heteroatoms. The lowest BCUT2D eigenvalue weighted by molar-refractivity contribution is -0.126. The normalized spacial score (nSPS) is 14.8. The number of nitrogens with one attached hydrogen (secondary N) is 1. The van der Waals surface area contributed by atoms with Crippen LogP contribution in [-0.4, -0.2) is 41.5 Å². The second-order valence-electron chi connectivity index (χ2n) is 7.58. The molecule has 1 aliphatic rings. The van der Waals surface area contributed by atoms with Gasteiger partial charge in [-0.3, -0.25) is 9.59 Å². The number of rotatable bonds is 6. The highest BCUT2D eigenvalue weighted by atomic mass is 16.5. The van der Waals surface area contributed by atoms with Gasteiger partial charge in [0.15, 0.2) is 5.58 Å². The van der Waals surface area contributed by atoms with E-state index in [4.69, 9.17) is 9.15 Å². The summed E-state index contributed by atoms with van der Waals surface area (Å²) in [6, 6.07) is 11.4. The van der Waals surface area contributed by atoms with Gasteiger partial charge in [-0.25, -0.2) is 0 Å². The molecule has 1 saturated heterocycles. The van der Waals surface area contributed by atoms with E-state index < -0.39 is 0 Å². The van der Waals surface area contributed by atoms with Crippen molar-refractivity contribution in [3.8, 4) is 5.75 Å². The molecule has 4 rings (SSSR count). The van der Waals surface area contributed by atoms with E-state index >= 15 is 0 Å². The molecule has 0 saturated carbocycles. The Bertz CT molecular complexity index is 1040. The van der Waals surface area contributed by atoms with Crippen LogP contribution in [-0.2, 0) is 17.9 Å². The summed E-state index contributed by atoms with van der Waals surface area (Å²) in [4.78, 5) is 27.5. The number of nitrogens with zero attached hydrogens (tertiary/aromatic N) is 2. The van der Waals surface area contributed by atoms with E-state index in [2.05, 4.69) is 5.32 Å². The average Bonchev–Trinajstić information content (AvgIpc) is 3.38. The Balaban J connectivity index is 1.33. The molecule has 0 aliphatic carbocycles. The van der Waals surface area contributed by atoms with Gasteiger partial charge in [0, 0.05) is 44.2 Å². The van der Waals surface area contributed by atoms with Crippen molar-refractivity contribution in [3.05, 3.63) is 53.9 Å². The number of methoxy groups -OCH3 is 1. The number of likely N-dealkylation sites (tertiary alicyclic amines) is 1. The van der Waals surface area contributed by atoms with E-state index in [1.165, 1.54) is 0 Å². The highest BCUT2D eigenvalue weighted by Gasteiger charge is 2.29. The topological polar surface area (TPSA) is 76.7 Å². The van der Waals surface area contributed by atoms with Crippen LogP contribution in [0.25, 0.3) is 11.1 Å². The molecule has 0 spiro atoms. The second-order valence-corrected chi connectivity index (χ2v) is 7.58. The molecule has 2 aromatic heterocycles. The molecule has 2 amide bonds. The highest BCUT2D eigenvalue weighted by Crippen LogP contribution is 2.25. The quantitative estimate of drug-likeness (QED) is 0.677. The Kier molecular flexibility index (Phi) is 5.79. The number of piperidine rings is 1. The third kappa shape index (κ3) is 3.92. The second kappa shape index (κ2) is 8.65. The zero-order valence-corrected chi connectivity index (χ0v) is 17.4. The molecule has 1 aliphatic heterocycles. The van der Waals surface area contributed by atoms with Crippen LogP contribution < -0.4 is 10.1 Å². The maximum atomic E-state index is 13.0. The lowest BCUT2D eigenvalue weighted by Gasteiger charge is -2.31. The minimum atomic E-state index is -0.0751. The van der Waals surface area contributed by atoms with Gasteiger partial charge in [-0.05, 0) is 37.5 Å². The van der Waals surface area contributed by atoms with Crippen molar-refractivity contribution in [1.29, 1.82) is 0 Å². The molecule has 0 bridgehead atoms. The summed E-state index contributed by atoms with van der Waals surface area (Å²) in [5, 5.41) is 3.01. The van der Waals surface area contributed by atoms with Crippen LogP contribution in [0.1, 0.15) is 35.8 Å². The molecule has 0 atom stereocenters. The Hall–Kier alpha value is -3.22. The number of carbonyl (C=O) groups is 2. The molecule has 1 fully saturated rings. The van der Waals surface area contributed by atoms with Gasteiger partial charge in [0.25, 0.3) is 5.91 Å². The summed E-state index contributed by atoms with van der Waals surface area (Å²) in [6.07, 6.45) is 2.97. The highest BCUT2D eigenvalue weighted by molar-refractivity contribution is 5.97. The first-order valence-electron chi connectivity index (χ1n) is 10.4. The first-order chi connectivity index (χ1) is 14.6. The maximum absolute atomic E-state index is 13.0. The van der Waals surface area contributed by atoms with Crippen molar-refractivity contribution >= 4 is 22.9 Å². The Labute approximate surface area is 175 Å². The number of carbonyl (C=O) groups excluding carboxylic acids is 2. The SMILES string of the molecule is CCn1c(C(=O)N2CCC(C(=O)NCc3cccc(OC)c3)CC2)cc2occc21. The van der Waals surface area contributed by atoms with E-state index in [0.29, 0.717) is 44.7 Å². The number of benzene rings is 1. The molecule has 0 unspecified atom stereocenters. The number of hydrogen-bond acceptors (Lipinski definition) is 4. The Morgan fingerprint density at radius 3 is 2.73 bits per heavy atom. The monoisotopic (exact) mass is 409 g/mol. The summed E-state index contributed by atoms with van der Waals surface area (Å²) < 4.78 is 12.7. The molecule has 0 radical (unpaired) electrons. The third-order valence-electron chi connectivity index (χ3n) is 5.81. The Morgan fingerprint density at radius 2 is 2.00 bits per heavy atom. The number of fused-ring (bicyclic) bond motifs is 1. The van der Waals surface area contributed by atoms with Crippen LogP contribution in [0.2, 0.25) is 0 Å². The number of aryl methyl sites for hydroxylation is 1. The molecular weight excluding hydrogens is 382 g/mol. The smallest absolute Gasteiger partial charge is 0.270 e. The molecule has 3 heterocycles. The molecule has 1 N–H and O–H groups in total. The number of aromatic nitrogens is 1. The number of amides is 2. The summed E-state index contributed by atoms with van der Waals surface area (Å²) >= 11 is 0. The fourth-order valence-corrected chi connectivity index (χ4v) is 4.12. The first kappa shape index (κ1) is 20.1. The van der Waals surface area contributed by atoms with Gasteiger partial charge >= 0.3 is 0 Å². The minimum absolute atomic E-state index is 0.00140. The molecule has 7 nitrogen and oxygen atoms in total. The number of ether oxygens (including phenoxy) is 1. The predicted molar refractivity (Wildman–Crippen MR) is 113 cm³/mol. The summed E-state index contributed by atoms with van der Waals surface area (Å²) in [6.45, 7) is 4.34. The van der Waals surface area contributed by atoms with Crippen LogP contribution >= 0.6 is 0 Å². The van der Waals surface area contributed by atoms with Gasteiger partial charge in [-0.2, -0.15) is 0 Å². The standard InChI is InChI=1S/C23H27N3O4/c1-3-26-19-9-12-30-21(19)14-20(26)23(28)25-10-7-17(8-11-25)22(27)24-15-16-5-4-6-18(13-16)29-2/h4-6,9,12-14,17H,3,7-8,10-11,15H2,1-2H3,(H,24,27). The molecule has 1 aromatic carbocycles. The molecule has 30 heavy (non-hydrogen) atoms. The van der Waals surface area contributed by atoms with Crippen molar-refractivity contribution in [2.75, 3.05) is 20.2 Å². The largest absolute Gasteiger partial charge is 0.497 e. The molecule has 3 aromatic rings. The number of furan rings is 1. The van der Waals surface area contributed by atoms with Gasteiger partial charge in [0.1, 0.15) is 11.4 Å². The van der Waals surface area contributed by atoms with Crippen molar-refractivity contribution in [3.63, 3.8) is 0 Å². The summed E-state index contributed by atoms with van der Waals surface area (Å²) in [7, 11) is 1.63. The fraction of sp³-hybridized carbons (Fsp3) is 0.391. The van der Waals surface area contributed by atoms with Crippen molar-refractivity contribution < 1.29 is 18.7 Å². The van der Waals surface area contributed by atoms with Crippen LogP contribution in [0.3, 0.4) is 0 Å². The van der Waals surface area contributed by atoms with E-state index in [1.807, 2.05) is 52.8 Å². The van der Waals surface area contributed by atoms with Gasteiger partial charge < -0.3 is 23.9 Å². The van der Waals surface area contributed by atoms with E-state index in [-0.39, 0.29) is 17.7 Å². The van der Waals surface area contributed by atoms with Gasteiger partial charge in [-0.1, -0.05) is 12.1 Å². The lowest BCUT2D eigenvalue weighted by Crippen LogP contribution is -2.43. The minimum Gasteiger partial charge on any atom is -0.497 e. The average molecular weight is 409 g/mol. The maximum Gasteiger partial charge on any atom is 0.270 e. The zero-order chi connectivity index (χ0) is 21.1. The summed E-state index contributed by atoms with van der Waals surface area (Å²) in [5.41, 5.74) is 3.31. The van der Waals surface area contributed by atoms with Crippen molar-refractivity contribution in [1.82, 2.24) is 14.8 Å². The fourth-order valence-electron chi connectivity index (χ4n) is 4.12.